The molecule has 0 radical (unpaired) electrons. The minimum Gasteiger partial charge on any atom is -0.368 e. The van der Waals surface area contributed by atoms with Gasteiger partial charge in [-0.3, -0.25) is 9.59 Å². The predicted octanol–water partition coefficient (Wildman–Crippen LogP) is -1.68. The molecular formula is C8H13N3O2. The Morgan fingerprint density at radius 2 is 2.38 bits per heavy atom. The number of carbonyl (C=O) groups excluding carboxylic acids is 2. The van der Waals surface area contributed by atoms with Gasteiger partial charge in [0.2, 0.25) is 11.8 Å². The maximum absolute atomic E-state index is 11.3. The van der Waals surface area contributed by atoms with Gasteiger partial charge < -0.3 is 16.8 Å². The molecule has 1 heterocycles. The zero-order chi connectivity index (χ0) is 9.59. The maximum Gasteiger partial charge on any atom is 0.234 e. The Labute approximate surface area is 75.8 Å². The molecule has 13 heavy (non-hydrogen) atoms. The van der Waals surface area contributed by atoms with E-state index in [9.17, 15) is 9.59 Å². The van der Waals surface area contributed by atoms with Crippen LogP contribution < -0.4 is 16.8 Å². The van der Waals surface area contributed by atoms with Gasteiger partial charge in [-0.2, -0.15) is 0 Å². The lowest BCUT2D eigenvalue weighted by Gasteiger charge is -2.13. The highest BCUT2D eigenvalue weighted by atomic mass is 16.2. The standard InChI is InChI=1S/C8H13N3O2/c9-5(7(10)12)1-4-3-2-6(3)11-8(4)13/h3-6H,1-2,9H2,(H2,10,12)(H,11,13)/t3-,4+,5?,6-/m0/s1. The molecule has 1 aliphatic heterocycles. The highest BCUT2D eigenvalue weighted by molar-refractivity contribution is 5.85. The van der Waals surface area contributed by atoms with Crippen LogP contribution in [0.4, 0.5) is 0 Å². The Bertz CT molecular complexity index is 266. The summed E-state index contributed by atoms with van der Waals surface area (Å²) in [5, 5.41) is 2.84. The molecule has 0 spiro atoms. The number of piperidine rings is 1. The van der Waals surface area contributed by atoms with E-state index < -0.39 is 11.9 Å². The third kappa shape index (κ3) is 1.39. The fourth-order valence-corrected chi connectivity index (χ4v) is 1.98. The van der Waals surface area contributed by atoms with Crippen molar-refractivity contribution in [2.24, 2.45) is 23.3 Å². The van der Waals surface area contributed by atoms with E-state index in [2.05, 4.69) is 5.32 Å². The molecule has 1 saturated heterocycles. The van der Waals surface area contributed by atoms with E-state index in [0.29, 0.717) is 18.4 Å². The summed E-state index contributed by atoms with van der Waals surface area (Å²) >= 11 is 0. The van der Waals surface area contributed by atoms with Crippen LogP contribution in [0, 0.1) is 11.8 Å². The Morgan fingerprint density at radius 1 is 1.69 bits per heavy atom. The lowest BCUT2D eigenvalue weighted by Crippen LogP contribution is -2.40. The topological polar surface area (TPSA) is 98.2 Å². The van der Waals surface area contributed by atoms with E-state index in [1.54, 1.807) is 0 Å². The summed E-state index contributed by atoms with van der Waals surface area (Å²) in [7, 11) is 0. The highest BCUT2D eigenvalue weighted by Crippen LogP contribution is 2.44. The third-order valence-corrected chi connectivity index (χ3v) is 2.89. The number of hydrogen-bond acceptors (Lipinski definition) is 3. The van der Waals surface area contributed by atoms with Gasteiger partial charge in [-0.1, -0.05) is 0 Å². The van der Waals surface area contributed by atoms with E-state index in [1.807, 2.05) is 0 Å². The number of nitrogens with one attached hydrogen (secondary N) is 1. The van der Waals surface area contributed by atoms with Crippen molar-refractivity contribution in [1.29, 1.82) is 0 Å². The molecule has 1 unspecified atom stereocenters. The SMILES string of the molecule is NC(=O)C(N)C[C@H]1C(=O)N[C@H]2C[C@H]21. The molecule has 72 valence electrons. The van der Waals surface area contributed by atoms with Crippen molar-refractivity contribution in [1.82, 2.24) is 5.32 Å². The lowest BCUT2D eigenvalue weighted by atomic mass is 9.96. The van der Waals surface area contributed by atoms with Gasteiger partial charge >= 0.3 is 0 Å². The Hall–Kier alpha value is -1.10. The van der Waals surface area contributed by atoms with Crippen LogP contribution in [0.5, 0.6) is 0 Å². The summed E-state index contributed by atoms with van der Waals surface area (Å²) in [5.74, 6) is -0.194. The normalized spacial score (nSPS) is 37.9. The van der Waals surface area contributed by atoms with Crippen LogP contribution in [0.2, 0.25) is 0 Å². The second-order valence-corrected chi connectivity index (χ2v) is 3.87. The van der Waals surface area contributed by atoms with Crippen LogP contribution in [0.15, 0.2) is 0 Å². The predicted molar refractivity (Wildman–Crippen MR) is 45.3 cm³/mol. The summed E-state index contributed by atoms with van der Waals surface area (Å²) < 4.78 is 0. The number of rotatable bonds is 3. The van der Waals surface area contributed by atoms with Crippen molar-refractivity contribution >= 4 is 11.8 Å². The summed E-state index contributed by atoms with van der Waals surface area (Å²) in [6.45, 7) is 0. The van der Waals surface area contributed by atoms with Crippen LogP contribution in [0.3, 0.4) is 0 Å². The summed E-state index contributed by atoms with van der Waals surface area (Å²) in [6, 6.07) is -0.340. The fraction of sp³-hybridized carbons (Fsp3) is 0.750. The number of carbonyl (C=O) groups is 2. The van der Waals surface area contributed by atoms with Gasteiger partial charge in [0.1, 0.15) is 0 Å². The van der Waals surface area contributed by atoms with Crippen molar-refractivity contribution in [3.05, 3.63) is 0 Å². The third-order valence-electron chi connectivity index (χ3n) is 2.89. The van der Waals surface area contributed by atoms with Gasteiger partial charge in [-0.25, -0.2) is 0 Å². The van der Waals surface area contributed by atoms with Gasteiger partial charge in [-0.05, 0) is 18.8 Å². The van der Waals surface area contributed by atoms with E-state index in [4.69, 9.17) is 11.5 Å². The number of primary amides is 1. The Kier molecular flexibility index (Phi) is 1.76. The molecular weight excluding hydrogens is 170 g/mol. The van der Waals surface area contributed by atoms with Crippen molar-refractivity contribution < 1.29 is 9.59 Å². The van der Waals surface area contributed by atoms with Gasteiger partial charge in [0, 0.05) is 12.0 Å². The molecule has 2 fully saturated rings. The fourth-order valence-electron chi connectivity index (χ4n) is 1.98. The molecule has 1 saturated carbocycles. The van der Waals surface area contributed by atoms with Crippen LogP contribution in [-0.4, -0.2) is 23.9 Å². The number of hydrogen-bond donors (Lipinski definition) is 3. The van der Waals surface area contributed by atoms with Crippen molar-refractivity contribution in [3.8, 4) is 0 Å². The van der Waals surface area contributed by atoms with E-state index in [0.717, 1.165) is 6.42 Å². The Morgan fingerprint density at radius 3 is 2.85 bits per heavy atom. The minimum atomic E-state index is -0.685. The zero-order valence-electron chi connectivity index (χ0n) is 7.19. The number of fused-ring (bicyclic) bond motifs is 1. The van der Waals surface area contributed by atoms with Crippen LogP contribution in [0.1, 0.15) is 12.8 Å². The van der Waals surface area contributed by atoms with E-state index in [-0.39, 0.29) is 11.8 Å². The zero-order valence-corrected chi connectivity index (χ0v) is 7.19. The molecule has 2 aliphatic rings. The van der Waals surface area contributed by atoms with Crippen molar-refractivity contribution in [2.75, 3.05) is 0 Å². The van der Waals surface area contributed by atoms with Gasteiger partial charge in [0.15, 0.2) is 0 Å². The molecule has 4 atom stereocenters. The minimum absolute atomic E-state index is 0.0259. The van der Waals surface area contributed by atoms with E-state index in [1.165, 1.54) is 0 Å². The maximum atomic E-state index is 11.3. The Balaban J connectivity index is 1.94. The first kappa shape index (κ1) is 8.50. The average molecular weight is 183 g/mol. The van der Waals surface area contributed by atoms with Crippen molar-refractivity contribution in [3.63, 3.8) is 0 Å². The second kappa shape index (κ2) is 2.70. The molecule has 0 aromatic heterocycles. The molecule has 5 N–H and O–H groups in total. The molecule has 5 nitrogen and oxygen atoms in total. The van der Waals surface area contributed by atoms with Gasteiger partial charge in [-0.15, -0.1) is 0 Å². The van der Waals surface area contributed by atoms with Crippen LogP contribution >= 0.6 is 0 Å². The number of nitrogens with two attached hydrogens (primary N) is 2. The lowest BCUT2D eigenvalue weighted by molar-refractivity contribution is -0.124. The molecule has 0 aromatic carbocycles. The molecule has 2 rings (SSSR count). The molecule has 1 aliphatic carbocycles. The molecule has 5 heteroatoms. The first-order valence-electron chi connectivity index (χ1n) is 4.45. The quantitative estimate of drug-likeness (QED) is 0.487. The average Bonchev–Trinajstić information content (AvgIpc) is 2.72. The van der Waals surface area contributed by atoms with Crippen LogP contribution in [-0.2, 0) is 9.59 Å². The molecule has 0 aromatic rings. The smallest absolute Gasteiger partial charge is 0.234 e. The highest BCUT2D eigenvalue weighted by Gasteiger charge is 2.53. The second-order valence-electron chi connectivity index (χ2n) is 3.87. The van der Waals surface area contributed by atoms with E-state index >= 15 is 0 Å². The van der Waals surface area contributed by atoms with Crippen molar-refractivity contribution in [2.45, 2.75) is 24.9 Å². The first-order chi connectivity index (χ1) is 6.09. The van der Waals surface area contributed by atoms with Gasteiger partial charge in [0.25, 0.3) is 0 Å². The first-order valence-corrected chi connectivity index (χ1v) is 4.45. The van der Waals surface area contributed by atoms with Gasteiger partial charge in [0.05, 0.1) is 6.04 Å². The monoisotopic (exact) mass is 183 g/mol. The largest absolute Gasteiger partial charge is 0.368 e. The summed E-state index contributed by atoms with van der Waals surface area (Å²) in [6.07, 6.45) is 1.42. The summed E-state index contributed by atoms with van der Waals surface area (Å²) in [5.41, 5.74) is 10.5. The molecule has 0 bridgehead atoms. The molecule has 2 amide bonds. The summed E-state index contributed by atoms with van der Waals surface area (Å²) in [4.78, 5) is 21.9. The number of amides is 2. The van der Waals surface area contributed by atoms with Crippen LogP contribution in [0.25, 0.3) is 0 Å².